The minimum absolute atomic E-state index is 0.0594. The van der Waals surface area contributed by atoms with E-state index < -0.39 is 0 Å². The summed E-state index contributed by atoms with van der Waals surface area (Å²) >= 11 is 0. The molecule has 114 valence electrons. The van der Waals surface area contributed by atoms with Crippen LogP contribution in [0.3, 0.4) is 0 Å². The lowest BCUT2D eigenvalue weighted by molar-refractivity contribution is 0.209. The highest BCUT2D eigenvalue weighted by atomic mass is 16.5. The van der Waals surface area contributed by atoms with Gasteiger partial charge >= 0.3 is 0 Å². The molecule has 0 fully saturated rings. The Morgan fingerprint density at radius 1 is 1.10 bits per heavy atom. The van der Waals surface area contributed by atoms with Gasteiger partial charge in [-0.15, -0.1) is 0 Å². The van der Waals surface area contributed by atoms with Crippen LogP contribution >= 0.6 is 0 Å². The fraction of sp³-hybridized carbons (Fsp3) is 0.647. The van der Waals surface area contributed by atoms with Gasteiger partial charge in [-0.05, 0) is 50.9 Å². The Labute approximate surface area is 124 Å². The van der Waals surface area contributed by atoms with Gasteiger partial charge < -0.3 is 10.5 Å². The lowest BCUT2D eigenvalue weighted by Crippen LogP contribution is -2.37. The summed E-state index contributed by atoms with van der Waals surface area (Å²) in [5, 5.41) is 0. The molecule has 0 aliphatic rings. The summed E-state index contributed by atoms with van der Waals surface area (Å²) < 4.78 is 5.60. The van der Waals surface area contributed by atoms with Crippen molar-refractivity contribution in [2.45, 2.75) is 52.6 Å². The van der Waals surface area contributed by atoms with Crippen molar-refractivity contribution in [1.82, 2.24) is 4.90 Å². The largest absolute Gasteiger partial charge is 0.494 e. The average molecular weight is 278 g/mol. The highest BCUT2D eigenvalue weighted by Crippen LogP contribution is 2.18. The first kappa shape index (κ1) is 17.0. The van der Waals surface area contributed by atoms with Crippen molar-refractivity contribution in [3.8, 4) is 5.75 Å². The summed E-state index contributed by atoms with van der Waals surface area (Å²) in [6.45, 7) is 11.5. The molecule has 3 nitrogen and oxygen atoms in total. The van der Waals surface area contributed by atoms with Crippen molar-refractivity contribution in [3.05, 3.63) is 29.8 Å². The molecule has 1 atom stereocenters. The Morgan fingerprint density at radius 2 is 1.75 bits per heavy atom. The minimum Gasteiger partial charge on any atom is -0.494 e. The predicted octanol–water partition coefficient (Wildman–Crippen LogP) is 3.60. The Kier molecular flexibility index (Phi) is 7.63. The Morgan fingerprint density at radius 3 is 2.25 bits per heavy atom. The van der Waals surface area contributed by atoms with Crippen molar-refractivity contribution in [2.24, 2.45) is 5.73 Å². The zero-order valence-electron chi connectivity index (χ0n) is 13.4. The van der Waals surface area contributed by atoms with Crippen LogP contribution in [0.25, 0.3) is 0 Å². The molecule has 0 heterocycles. The summed E-state index contributed by atoms with van der Waals surface area (Å²) in [7, 11) is 0. The molecule has 0 aliphatic carbocycles. The monoisotopic (exact) mass is 278 g/mol. The standard InChI is InChI=1S/C17H30N2O/c1-5-11-19(14(3)4)13-17(18)15-7-9-16(10-8-15)20-12-6-2/h7-10,14,17H,5-6,11-13,18H2,1-4H3. The van der Waals surface area contributed by atoms with Gasteiger partial charge in [0.25, 0.3) is 0 Å². The highest BCUT2D eigenvalue weighted by Gasteiger charge is 2.14. The zero-order chi connectivity index (χ0) is 15.0. The van der Waals surface area contributed by atoms with Crippen LogP contribution in [0.5, 0.6) is 5.75 Å². The topological polar surface area (TPSA) is 38.5 Å². The number of hydrogen-bond acceptors (Lipinski definition) is 3. The Balaban J connectivity index is 2.59. The number of benzene rings is 1. The molecular formula is C17H30N2O. The second-order valence-corrected chi connectivity index (χ2v) is 5.61. The van der Waals surface area contributed by atoms with Crippen LogP contribution in [0.2, 0.25) is 0 Å². The van der Waals surface area contributed by atoms with E-state index in [1.165, 1.54) is 5.56 Å². The molecule has 20 heavy (non-hydrogen) atoms. The van der Waals surface area contributed by atoms with E-state index in [4.69, 9.17) is 10.5 Å². The van der Waals surface area contributed by atoms with Gasteiger partial charge in [0.1, 0.15) is 5.75 Å². The van der Waals surface area contributed by atoms with Crippen molar-refractivity contribution >= 4 is 0 Å². The van der Waals surface area contributed by atoms with Gasteiger partial charge in [0.2, 0.25) is 0 Å². The quantitative estimate of drug-likeness (QED) is 0.750. The summed E-state index contributed by atoms with van der Waals surface area (Å²) in [4.78, 5) is 2.44. The molecule has 3 heteroatoms. The average Bonchev–Trinajstić information content (AvgIpc) is 2.45. The molecule has 0 aliphatic heterocycles. The van der Waals surface area contributed by atoms with Gasteiger partial charge in [-0.2, -0.15) is 0 Å². The molecule has 0 radical (unpaired) electrons. The molecule has 0 bridgehead atoms. The second kappa shape index (κ2) is 8.98. The fourth-order valence-corrected chi connectivity index (χ4v) is 2.24. The van der Waals surface area contributed by atoms with Gasteiger partial charge in [-0.3, -0.25) is 4.90 Å². The number of ether oxygens (including phenoxy) is 1. The van der Waals surface area contributed by atoms with Gasteiger partial charge in [0.15, 0.2) is 0 Å². The second-order valence-electron chi connectivity index (χ2n) is 5.61. The third kappa shape index (κ3) is 5.51. The third-order valence-corrected chi connectivity index (χ3v) is 3.45. The molecule has 0 amide bonds. The molecule has 2 N–H and O–H groups in total. The van der Waals surface area contributed by atoms with Crippen molar-refractivity contribution < 1.29 is 4.74 Å². The van der Waals surface area contributed by atoms with E-state index in [1.807, 2.05) is 12.1 Å². The van der Waals surface area contributed by atoms with E-state index in [1.54, 1.807) is 0 Å². The molecular weight excluding hydrogens is 248 g/mol. The van der Waals surface area contributed by atoms with E-state index in [2.05, 4.69) is 44.7 Å². The van der Waals surface area contributed by atoms with Crippen LogP contribution in [0, 0.1) is 0 Å². The van der Waals surface area contributed by atoms with Gasteiger partial charge in [0, 0.05) is 18.6 Å². The first-order valence-electron chi connectivity index (χ1n) is 7.80. The number of nitrogens with zero attached hydrogens (tertiary/aromatic N) is 1. The van der Waals surface area contributed by atoms with Gasteiger partial charge in [-0.25, -0.2) is 0 Å². The van der Waals surface area contributed by atoms with E-state index in [-0.39, 0.29) is 6.04 Å². The highest BCUT2D eigenvalue weighted by molar-refractivity contribution is 5.29. The maximum absolute atomic E-state index is 6.33. The van der Waals surface area contributed by atoms with Crippen LogP contribution in [-0.4, -0.2) is 30.6 Å². The number of hydrogen-bond donors (Lipinski definition) is 1. The lowest BCUT2D eigenvalue weighted by atomic mass is 10.1. The Bertz CT molecular complexity index is 362. The minimum atomic E-state index is 0.0594. The van der Waals surface area contributed by atoms with E-state index >= 15 is 0 Å². The molecule has 0 spiro atoms. The molecule has 1 aromatic rings. The summed E-state index contributed by atoms with van der Waals surface area (Å²) in [5.41, 5.74) is 7.51. The van der Waals surface area contributed by atoms with Crippen molar-refractivity contribution in [3.63, 3.8) is 0 Å². The van der Waals surface area contributed by atoms with E-state index in [0.717, 1.165) is 38.3 Å². The smallest absolute Gasteiger partial charge is 0.119 e. The predicted molar refractivity (Wildman–Crippen MR) is 86.2 cm³/mol. The lowest BCUT2D eigenvalue weighted by Gasteiger charge is -2.29. The van der Waals surface area contributed by atoms with Crippen LogP contribution in [0.15, 0.2) is 24.3 Å². The number of nitrogens with two attached hydrogens (primary N) is 1. The summed E-state index contributed by atoms with van der Waals surface area (Å²) in [6.07, 6.45) is 2.19. The first-order valence-corrected chi connectivity index (χ1v) is 7.80. The number of rotatable bonds is 9. The summed E-state index contributed by atoms with van der Waals surface area (Å²) in [6, 6.07) is 8.80. The Hall–Kier alpha value is -1.06. The molecule has 0 aromatic heterocycles. The van der Waals surface area contributed by atoms with Crippen molar-refractivity contribution in [2.75, 3.05) is 19.7 Å². The molecule has 0 saturated carbocycles. The first-order chi connectivity index (χ1) is 9.58. The molecule has 0 saturated heterocycles. The summed E-state index contributed by atoms with van der Waals surface area (Å²) in [5.74, 6) is 0.928. The van der Waals surface area contributed by atoms with Crippen LogP contribution < -0.4 is 10.5 Å². The van der Waals surface area contributed by atoms with Crippen LogP contribution in [0.1, 0.15) is 52.1 Å². The van der Waals surface area contributed by atoms with Gasteiger partial charge in [-0.1, -0.05) is 26.0 Å². The third-order valence-electron chi connectivity index (χ3n) is 3.45. The van der Waals surface area contributed by atoms with Crippen LogP contribution in [-0.2, 0) is 0 Å². The normalized spacial score (nSPS) is 12.9. The van der Waals surface area contributed by atoms with Crippen molar-refractivity contribution in [1.29, 1.82) is 0 Å². The molecule has 1 unspecified atom stereocenters. The maximum atomic E-state index is 6.33. The fourth-order valence-electron chi connectivity index (χ4n) is 2.24. The van der Waals surface area contributed by atoms with E-state index in [9.17, 15) is 0 Å². The maximum Gasteiger partial charge on any atom is 0.119 e. The SMILES string of the molecule is CCCOc1ccc(C(N)CN(CCC)C(C)C)cc1. The van der Waals surface area contributed by atoms with E-state index in [0.29, 0.717) is 6.04 Å². The molecule has 1 aromatic carbocycles. The molecule has 1 rings (SSSR count). The van der Waals surface area contributed by atoms with Crippen LogP contribution in [0.4, 0.5) is 0 Å². The van der Waals surface area contributed by atoms with Gasteiger partial charge in [0.05, 0.1) is 6.61 Å². The zero-order valence-corrected chi connectivity index (χ0v) is 13.4.